The lowest BCUT2D eigenvalue weighted by Gasteiger charge is -2.09. The summed E-state index contributed by atoms with van der Waals surface area (Å²) in [6, 6.07) is 5.64. The molecule has 0 saturated carbocycles. The van der Waals surface area contributed by atoms with E-state index in [-0.39, 0.29) is 5.28 Å². The van der Waals surface area contributed by atoms with E-state index in [4.69, 9.17) is 21.1 Å². The molecule has 0 aliphatic heterocycles. The Balaban J connectivity index is 2.00. The van der Waals surface area contributed by atoms with Crippen LogP contribution in [0.15, 0.2) is 34.4 Å². The fraction of sp³-hybridized carbons (Fsp3) is 0.154. The molecule has 2 aromatic heterocycles. The molecule has 1 aromatic carbocycles. The number of aromatic amines is 1. The zero-order valence-corrected chi connectivity index (χ0v) is 12.8. The Morgan fingerprint density at radius 1 is 1.14 bits per heavy atom. The monoisotopic (exact) mass is 322 g/mol. The predicted octanol–water partition coefficient (Wildman–Crippen LogP) is 3.17. The van der Waals surface area contributed by atoms with Crippen LogP contribution in [0.2, 0.25) is 5.28 Å². The molecular weight excluding hydrogens is 312 g/mol. The van der Waals surface area contributed by atoms with E-state index >= 15 is 0 Å². The van der Waals surface area contributed by atoms with Gasteiger partial charge in [0.25, 0.3) is 0 Å². The highest BCUT2D eigenvalue weighted by molar-refractivity contribution is 7.99. The average molecular weight is 323 g/mol. The van der Waals surface area contributed by atoms with Gasteiger partial charge in [0, 0.05) is 4.90 Å². The van der Waals surface area contributed by atoms with E-state index in [1.807, 2.05) is 18.2 Å². The normalized spacial score (nSPS) is 10.8. The van der Waals surface area contributed by atoms with Crippen molar-refractivity contribution in [3.05, 3.63) is 29.8 Å². The van der Waals surface area contributed by atoms with E-state index in [9.17, 15) is 0 Å². The van der Waals surface area contributed by atoms with Crippen LogP contribution in [0.5, 0.6) is 11.5 Å². The molecule has 0 bridgehead atoms. The number of nitrogens with zero attached hydrogens (tertiary/aromatic N) is 3. The summed E-state index contributed by atoms with van der Waals surface area (Å²) in [6.45, 7) is 0. The van der Waals surface area contributed by atoms with Gasteiger partial charge < -0.3 is 14.5 Å². The second kappa shape index (κ2) is 5.79. The van der Waals surface area contributed by atoms with Gasteiger partial charge in [-0.15, -0.1) is 0 Å². The van der Waals surface area contributed by atoms with Gasteiger partial charge in [0.05, 0.1) is 20.5 Å². The summed E-state index contributed by atoms with van der Waals surface area (Å²) in [6.07, 6.45) is 1.56. The minimum absolute atomic E-state index is 0.164. The third-order valence-electron chi connectivity index (χ3n) is 2.79. The highest BCUT2D eigenvalue weighted by atomic mass is 35.5. The zero-order chi connectivity index (χ0) is 14.8. The van der Waals surface area contributed by atoms with Crippen LogP contribution >= 0.6 is 23.4 Å². The first kappa shape index (κ1) is 14.0. The van der Waals surface area contributed by atoms with Gasteiger partial charge in [0.2, 0.25) is 5.28 Å². The van der Waals surface area contributed by atoms with Crippen molar-refractivity contribution in [1.29, 1.82) is 0 Å². The minimum atomic E-state index is 0.164. The molecule has 108 valence electrons. The molecule has 0 unspecified atom stereocenters. The number of nitrogens with one attached hydrogen (secondary N) is 1. The second-order valence-electron chi connectivity index (χ2n) is 4.02. The van der Waals surface area contributed by atoms with Crippen LogP contribution in [-0.2, 0) is 0 Å². The predicted molar refractivity (Wildman–Crippen MR) is 80.4 cm³/mol. The maximum atomic E-state index is 5.92. The molecular formula is C13H11ClN4O2S. The van der Waals surface area contributed by atoms with Crippen LogP contribution in [0.4, 0.5) is 0 Å². The SMILES string of the molecule is COc1ccc(Sc2nc(Cl)nc3nc[nH]c23)cc1OC. The molecule has 1 N–H and O–H groups in total. The molecule has 0 aliphatic carbocycles. The van der Waals surface area contributed by atoms with Gasteiger partial charge in [-0.3, -0.25) is 0 Å². The first-order valence-corrected chi connectivity index (χ1v) is 7.17. The van der Waals surface area contributed by atoms with Crippen LogP contribution in [0.1, 0.15) is 0 Å². The van der Waals surface area contributed by atoms with Crippen molar-refractivity contribution in [2.24, 2.45) is 0 Å². The van der Waals surface area contributed by atoms with E-state index in [2.05, 4.69) is 19.9 Å². The van der Waals surface area contributed by atoms with Gasteiger partial charge >= 0.3 is 0 Å². The number of methoxy groups -OCH3 is 2. The Morgan fingerprint density at radius 3 is 2.71 bits per heavy atom. The number of benzene rings is 1. The van der Waals surface area contributed by atoms with E-state index in [1.54, 1.807) is 20.5 Å². The fourth-order valence-electron chi connectivity index (χ4n) is 1.85. The number of imidazole rings is 1. The molecule has 0 aliphatic rings. The van der Waals surface area contributed by atoms with Gasteiger partial charge in [0.1, 0.15) is 10.5 Å². The van der Waals surface area contributed by atoms with Crippen molar-refractivity contribution in [3.8, 4) is 11.5 Å². The Hall–Kier alpha value is -1.99. The van der Waals surface area contributed by atoms with Crippen LogP contribution in [-0.4, -0.2) is 34.2 Å². The largest absolute Gasteiger partial charge is 0.493 e. The summed E-state index contributed by atoms with van der Waals surface area (Å²) in [5.74, 6) is 1.33. The minimum Gasteiger partial charge on any atom is -0.493 e. The number of aromatic nitrogens is 4. The quantitative estimate of drug-likeness (QED) is 0.587. The van der Waals surface area contributed by atoms with E-state index in [0.717, 1.165) is 10.4 Å². The molecule has 3 aromatic rings. The van der Waals surface area contributed by atoms with Crippen molar-refractivity contribution >= 4 is 34.5 Å². The fourth-order valence-corrected chi connectivity index (χ4v) is 2.97. The molecule has 0 atom stereocenters. The summed E-state index contributed by atoms with van der Waals surface area (Å²) >= 11 is 7.36. The van der Waals surface area contributed by atoms with Crippen LogP contribution in [0, 0.1) is 0 Å². The number of hydrogen-bond acceptors (Lipinski definition) is 6. The third-order valence-corrected chi connectivity index (χ3v) is 3.94. The molecule has 0 saturated heterocycles. The zero-order valence-electron chi connectivity index (χ0n) is 11.3. The molecule has 8 heteroatoms. The molecule has 21 heavy (non-hydrogen) atoms. The third kappa shape index (κ3) is 2.74. The van der Waals surface area contributed by atoms with Gasteiger partial charge in [0.15, 0.2) is 17.1 Å². The summed E-state index contributed by atoms with van der Waals surface area (Å²) in [5.41, 5.74) is 1.29. The molecule has 2 heterocycles. The molecule has 0 spiro atoms. The van der Waals surface area contributed by atoms with Crippen molar-refractivity contribution in [2.75, 3.05) is 14.2 Å². The Kier molecular flexibility index (Phi) is 3.85. The molecule has 6 nitrogen and oxygen atoms in total. The first-order chi connectivity index (χ1) is 10.2. The Morgan fingerprint density at radius 2 is 1.95 bits per heavy atom. The number of fused-ring (bicyclic) bond motifs is 1. The Labute approximate surface area is 129 Å². The smallest absolute Gasteiger partial charge is 0.225 e. The number of hydrogen-bond donors (Lipinski definition) is 1. The van der Waals surface area contributed by atoms with Crippen LogP contribution < -0.4 is 9.47 Å². The number of H-pyrrole nitrogens is 1. The lowest BCUT2D eigenvalue weighted by Crippen LogP contribution is -1.91. The van der Waals surface area contributed by atoms with Gasteiger partial charge in [-0.2, -0.15) is 4.98 Å². The summed E-state index contributed by atoms with van der Waals surface area (Å²) in [4.78, 5) is 16.3. The topological polar surface area (TPSA) is 72.9 Å². The highest BCUT2D eigenvalue weighted by Gasteiger charge is 2.12. The standard InChI is InChI=1S/C13H11ClN4O2S/c1-19-8-4-3-7(5-9(8)20-2)21-12-10-11(16-6-15-10)17-13(14)18-12/h3-6H,1-2H3,(H,15,16,17,18). The first-order valence-electron chi connectivity index (χ1n) is 5.97. The van der Waals surface area contributed by atoms with Gasteiger partial charge in [-0.25, -0.2) is 9.97 Å². The van der Waals surface area contributed by atoms with Crippen molar-refractivity contribution in [3.63, 3.8) is 0 Å². The van der Waals surface area contributed by atoms with E-state index in [0.29, 0.717) is 22.2 Å². The number of ether oxygens (including phenoxy) is 2. The lowest BCUT2D eigenvalue weighted by atomic mass is 10.3. The summed E-state index contributed by atoms with van der Waals surface area (Å²) in [5, 5.41) is 0.868. The molecule has 0 amide bonds. The summed E-state index contributed by atoms with van der Waals surface area (Å²) in [7, 11) is 3.20. The average Bonchev–Trinajstić information content (AvgIpc) is 2.95. The second-order valence-corrected chi connectivity index (χ2v) is 5.42. The maximum absolute atomic E-state index is 5.92. The number of halogens is 1. The van der Waals surface area contributed by atoms with Gasteiger partial charge in [-0.1, -0.05) is 11.8 Å². The van der Waals surface area contributed by atoms with Crippen LogP contribution in [0.25, 0.3) is 11.2 Å². The Bertz CT molecular complexity index is 793. The van der Waals surface area contributed by atoms with Crippen molar-refractivity contribution in [2.45, 2.75) is 9.92 Å². The molecule has 3 rings (SSSR count). The van der Waals surface area contributed by atoms with E-state index in [1.165, 1.54) is 11.8 Å². The van der Waals surface area contributed by atoms with Crippen molar-refractivity contribution in [1.82, 2.24) is 19.9 Å². The van der Waals surface area contributed by atoms with E-state index < -0.39 is 0 Å². The molecule has 0 fully saturated rings. The lowest BCUT2D eigenvalue weighted by molar-refractivity contribution is 0.354. The number of rotatable bonds is 4. The van der Waals surface area contributed by atoms with Crippen LogP contribution in [0.3, 0.4) is 0 Å². The van der Waals surface area contributed by atoms with Crippen molar-refractivity contribution < 1.29 is 9.47 Å². The summed E-state index contributed by atoms with van der Waals surface area (Å²) < 4.78 is 10.5. The molecule has 0 radical (unpaired) electrons. The van der Waals surface area contributed by atoms with Gasteiger partial charge in [-0.05, 0) is 29.8 Å². The maximum Gasteiger partial charge on any atom is 0.225 e. The highest BCUT2D eigenvalue weighted by Crippen LogP contribution is 2.36.